The van der Waals surface area contributed by atoms with E-state index in [2.05, 4.69) is 21.9 Å². The first-order chi connectivity index (χ1) is 19.3. The van der Waals surface area contributed by atoms with Gasteiger partial charge in [0.15, 0.2) is 5.69 Å². The van der Waals surface area contributed by atoms with Crippen LogP contribution in [-0.4, -0.2) is 40.7 Å². The Labute approximate surface area is 232 Å². The van der Waals surface area contributed by atoms with Gasteiger partial charge in [0.05, 0.1) is 22.3 Å². The van der Waals surface area contributed by atoms with Crippen LogP contribution in [0.1, 0.15) is 30.2 Å². The Kier molecular flexibility index (Phi) is 8.23. The van der Waals surface area contributed by atoms with Crippen LogP contribution in [-0.2, 0) is 27.5 Å². The molecule has 3 atom stereocenters. The number of hydrogen-bond acceptors (Lipinski definition) is 6. The summed E-state index contributed by atoms with van der Waals surface area (Å²) in [6.07, 6.45) is -1.57. The lowest BCUT2D eigenvalue weighted by Gasteiger charge is -2.27. The van der Waals surface area contributed by atoms with Crippen molar-refractivity contribution in [2.45, 2.75) is 43.0 Å². The maximum absolute atomic E-state index is 14.6. The lowest BCUT2D eigenvalue weighted by molar-refractivity contribution is -0.141. The Morgan fingerprint density at radius 2 is 1.88 bits per heavy atom. The number of sulfonamides is 1. The number of amides is 1. The first kappa shape index (κ1) is 29.8. The Bertz CT molecular complexity index is 1640. The van der Waals surface area contributed by atoms with Crippen molar-refractivity contribution in [2.24, 2.45) is 5.92 Å². The molecule has 1 N–H and O–H groups in total. The molecule has 8 nitrogen and oxygen atoms in total. The summed E-state index contributed by atoms with van der Waals surface area (Å²) in [5, 5.41) is 11.6. The molecule has 1 aliphatic rings. The largest absolute Gasteiger partial charge is 0.434 e. The van der Waals surface area contributed by atoms with Crippen molar-refractivity contribution in [1.29, 1.82) is 5.26 Å². The number of halogens is 5. The summed E-state index contributed by atoms with van der Waals surface area (Å²) in [5.41, 5.74) is -2.21. The average molecular weight is 592 g/mol. The van der Waals surface area contributed by atoms with Gasteiger partial charge in [0.2, 0.25) is 15.9 Å². The molecule has 41 heavy (non-hydrogen) atoms. The quantitative estimate of drug-likeness (QED) is 0.318. The third-order valence-corrected chi connectivity index (χ3v) is 8.79. The zero-order valence-corrected chi connectivity index (χ0v) is 22.2. The van der Waals surface area contributed by atoms with Gasteiger partial charge < -0.3 is 5.32 Å². The van der Waals surface area contributed by atoms with E-state index in [1.54, 1.807) is 6.92 Å². The first-order valence-corrected chi connectivity index (χ1v) is 13.5. The molecule has 1 saturated heterocycles. The van der Waals surface area contributed by atoms with Crippen molar-refractivity contribution in [3.8, 4) is 17.3 Å². The van der Waals surface area contributed by atoms with Crippen molar-refractivity contribution in [3.63, 3.8) is 0 Å². The number of nitrogens with zero attached hydrogens (tertiary/aromatic N) is 4. The van der Waals surface area contributed by atoms with Crippen LogP contribution in [0.2, 0.25) is 0 Å². The number of carbonyl (C=O) groups is 1. The smallest absolute Gasteiger partial charge is 0.351 e. The Hall–Kier alpha value is -4.22. The maximum Gasteiger partial charge on any atom is 0.434 e. The summed E-state index contributed by atoms with van der Waals surface area (Å²) in [7, 11) is -4.24. The van der Waals surface area contributed by atoms with E-state index in [9.17, 15) is 35.2 Å². The fraction of sp³-hybridized carbons (Fsp3) is 0.259. The minimum atomic E-state index is -4.85. The zero-order valence-electron chi connectivity index (χ0n) is 21.4. The molecule has 14 heteroatoms. The summed E-state index contributed by atoms with van der Waals surface area (Å²) >= 11 is 0. The molecule has 1 fully saturated rings. The Morgan fingerprint density at radius 1 is 1.20 bits per heavy atom. The highest BCUT2D eigenvalue weighted by atomic mass is 32.2. The number of benzene rings is 1. The summed E-state index contributed by atoms with van der Waals surface area (Å²) in [6, 6.07) is 5.84. The van der Waals surface area contributed by atoms with E-state index in [-0.39, 0.29) is 34.1 Å². The van der Waals surface area contributed by atoms with Gasteiger partial charge in [-0.25, -0.2) is 22.2 Å². The van der Waals surface area contributed by atoms with Crippen LogP contribution < -0.4 is 5.32 Å². The molecule has 0 unspecified atom stereocenters. The van der Waals surface area contributed by atoms with Gasteiger partial charge in [-0.05, 0) is 55.7 Å². The number of alkyl halides is 3. The third-order valence-electron chi connectivity index (χ3n) is 6.78. The minimum Gasteiger partial charge on any atom is -0.351 e. The molecule has 0 bridgehead atoms. The molecular formula is C27H22F5N5O3S. The summed E-state index contributed by atoms with van der Waals surface area (Å²) in [6.45, 7) is 4.92. The van der Waals surface area contributed by atoms with E-state index in [0.717, 1.165) is 47.0 Å². The lowest BCUT2D eigenvalue weighted by atomic mass is 10.0. The number of nitrogens with one attached hydrogen (secondary N) is 1. The topological polar surface area (TPSA) is 116 Å². The predicted octanol–water partition coefficient (Wildman–Crippen LogP) is 4.58. The molecule has 2 aromatic heterocycles. The van der Waals surface area contributed by atoms with Crippen LogP contribution in [0.3, 0.4) is 0 Å². The second-order valence-corrected chi connectivity index (χ2v) is 11.1. The summed E-state index contributed by atoms with van der Waals surface area (Å²) in [4.78, 5) is 20.2. The van der Waals surface area contributed by atoms with Crippen LogP contribution in [0.15, 0.2) is 66.3 Å². The van der Waals surface area contributed by atoms with Gasteiger partial charge in [-0.1, -0.05) is 6.08 Å². The highest BCUT2D eigenvalue weighted by Crippen LogP contribution is 2.36. The van der Waals surface area contributed by atoms with E-state index in [1.165, 1.54) is 18.2 Å². The van der Waals surface area contributed by atoms with Crippen molar-refractivity contribution in [3.05, 3.63) is 89.9 Å². The lowest BCUT2D eigenvalue weighted by Crippen LogP contribution is -2.48. The van der Waals surface area contributed by atoms with Crippen molar-refractivity contribution in [1.82, 2.24) is 19.6 Å². The van der Waals surface area contributed by atoms with Gasteiger partial charge in [-0.3, -0.25) is 9.78 Å². The number of carbonyl (C=O) groups excluding carboxylic acids is 1. The summed E-state index contributed by atoms with van der Waals surface area (Å²) < 4.78 is 95.1. The molecule has 1 aromatic carbocycles. The Balaban J connectivity index is 1.58. The van der Waals surface area contributed by atoms with E-state index in [0.29, 0.717) is 0 Å². The number of aromatic nitrogens is 2. The normalized spacial score (nSPS) is 19.5. The molecule has 0 radical (unpaired) electrons. The maximum atomic E-state index is 14.6. The molecule has 0 spiro atoms. The number of hydrogen-bond donors (Lipinski definition) is 1. The van der Waals surface area contributed by atoms with Gasteiger partial charge in [-0.2, -0.15) is 22.7 Å². The number of nitriles is 1. The highest BCUT2D eigenvalue weighted by Gasteiger charge is 2.47. The minimum absolute atomic E-state index is 0.00454. The van der Waals surface area contributed by atoms with Crippen LogP contribution >= 0.6 is 0 Å². The molecule has 3 aromatic rings. The fourth-order valence-electron chi connectivity index (χ4n) is 4.65. The molecule has 1 amide bonds. The zero-order chi connectivity index (χ0) is 30.1. The van der Waals surface area contributed by atoms with Gasteiger partial charge in [-0.15, -0.1) is 6.58 Å². The second-order valence-electron chi connectivity index (χ2n) is 9.29. The van der Waals surface area contributed by atoms with Crippen molar-refractivity contribution < 1.29 is 35.2 Å². The van der Waals surface area contributed by atoms with E-state index >= 15 is 0 Å². The Morgan fingerprint density at radius 3 is 2.49 bits per heavy atom. The van der Waals surface area contributed by atoms with Crippen molar-refractivity contribution in [2.75, 3.05) is 0 Å². The highest BCUT2D eigenvalue weighted by molar-refractivity contribution is 7.89. The standard InChI is InChI=1S/C27H22F5N5O3S/c1-3-16-10-24(37(15(16)2)41(39,40)21-6-4-20(28)5-7-21)26(38)36-12-18-9-23(34-14-22(18)29)19-8-17(11-33)25(35-13-19)27(30,31)32/h3-9,13-16,24H,1,10,12H2,2H3,(H,36,38)/t15-,16+,24-/m0/s1. The predicted molar refractivity (Wildman–Crippen MR) is 136 cm³/mol. The van der Waals surface area contributed by atoms with E-state index in [4.69, 9.17) is 5.26 Å². The van der Waals surface area contributed by atoms with Crippen LogP contribution in [0.25, 0.3) is 11.3 Å². The SMILES string of the molecule is C=C[C@@H]1C[C@@H](C(=O)NCc2cc(-c3cnc(C(F)(F)F)c(C#N)c3)ncc2F)N(S(=O)(=O)c2ccc(F)cc2)[C@H]1C. The van der Waals surface area contributed by atoms with Crippen LogP contribution in [0, 0.1) is 28.9 Å². The number of pyridine rings is 2. The molecule has 0 saturated carbocycles. The fourth-order valence-corrected chi connectivity index (χ4v) is 6.49. The van der Waals surface area contributed by atoms with E-state index < -0.39 is 63.6 Å². The van der Waals surface area contributed by atoms with Crippen LogP contribution in [0.4, 0.5) is 22.0 Å². The second kappa shape index (κ2) is 11.3. The third kappa shape index (κ3) is 5.96. The summed E-state index contributed by atoms with van der Waals surface area (Å²) in [5.74, 6) is -2.58. The first-order valence-electron chi connectivity index (χ1n) is 12.1. The molecular weight excluding hydrogens is 569 g/mol. The van der Waals surface area contributed by atoms with E-state index in [1.807, 2.05) is 0 Å². The number of rotatable bonds is 7. The monoisotopic (exact) mass is 591 g/mol. The van der Waals surface area contributed by atoms with Gasteiger partial charge in [0, 0.05) is 29.9 Å². The van der Waals surface area contributed by atoms with Gasteiger partial charge in [0.1, 0.15) is 23.7 Å². The molecule has 1 aliphatic heterocycles. The average Bonchev–Trinajstić information content (AvgIpc) is 3.28. The van der Waals surface area contributed by atoms with Crippen molar-refractivity contribution >= 4 is 15.9 Å². The van der Waals surface area contributed by atoms with Crippen LogP contribution in [0.5, 0.6) is 0 Å². The molecule has 3 heterocycles. The molecule has 214 valence electrons. The molecule has 4 rings (SSSR count). The molecule has 0 aliphatic carbocycles. The van der Waals surface area contributed by atoms with Gasteiger partial charge >= 0.3 is 6.18 Å². The van der Waals surface area contributed by atoms with Gasteiger partial charge in [0.25, 0.3) is 0 Å².